The molecular weight excluding hydrogens is 781 g/mol. The zero-order valence-electron chi connectivity index (χ0n) is 35.9. The molecule has 1 aliphatic carbocycles. The second-order valence-corrected chi connectivity index (χ2v) is 19.2. The van der Waals surface area contributed by atoms with E-state index >= 15 is 0 Å². The largest absolute Gasteiger partial charge is 0.310 e. The third-order valence-corrected chi connectivity index (χ3v) is 15.1. The van der Waals surface area contributed by atoms with Crippen LogP contribution in [0.15, 0.2) is 206 Å². The summed E-state index contributed by atoms with van der Waals surface area (Å²) >= 11 is 1.89. The van der Waals surface area contributed by atoms with Crippen LogP contribution in [0, 0.1) is 0 Å². The smallest absolute Gasteiger partial charge is 0.0640 e. The minimum atomic E-state index is -0.331. The molecule has 2 nitrogen and oxygen atoms in total. The van der Waals surface area contributed by atoms with Crippen LogP contribution in [0.2, 0.25) is 0 Å². The van der Waals surface area contributed by atoms with Gasteiger partial charge < -0.3 is 9.80 Å². The number of thiophene rings is 1. The van der Waals surface area contributed by atoms with Crippen molar-refractivity contribution in [2.24, 2.45) is 0 Å². The van der Waals surface area contributed by atoms with Crippen molar-refractivity contribution >= 4 is 65.6 Å². The van der Waals surface area contributed by atoms with Crippen LogP contribution in [-0.2, 0) is 10.8 Å². The molecule has 2 aliphatic rings. The van der Waals surface area contributed by atoms with Crippen LogP contribution in [0.3, 0.4) is 0 Å². The summed E-state index contributed by atoms with van der Waals surface area (Å²) in [5.41, 5.74) is 19.4. The van der Waals surface area contributed by atoms with E-state index in [9.17, 15) is 0 Å². The van der Waals surface area contributed by atoms with E-state index in [1.54, 1.807) is 0 Å². The molecule has 0 unspecified atom stereocenters. The maximum atomic E-state index is 2.53. The van der Waals surface area contributed by atoms with Gasteiger partial charge in [-0.05, 0) is 122 Å². The monoisotopic (exact) mass is 826 g/mol. The first kappa shape index (κ1) is 37.6. The molecule has 12 rings (SSSR count). The molecule has 63 heavy (non-hydrogen) atoms. The average molecular weight is 827 g/mol. The fraction of sp³-hybridized carbons (Fsp3) is 0.100. The molecule has 1 aliphatic heterocycles. The maximum Gasteiger partial charge on any atom is 0.0640 e. The van der Waals surface area contributed by atoms with Gasteiger partial charge in [0, 0.05) is 43.4 Å². The topological polar surface area (TPSA) is 6.48 Å². The number of hydrogen-bond donors (Lipinski definition) is 0. The Labute approximate surface area is 374 Å². The average Bonchev–Trinajstić information content (AvgIpc) is 3.82. The summed E-state index contributed by atoms with van der Waals surface area (Å²) in [5.74, 6) is 0. The van der Waals surface area contributed by atoms with E-state index in [0.717, 1.165) is 17.1 Å². The second-order valence-electron chi connectivity index (χ2n) is 18.2. The summed E-state index contributed by atoms with van der Waals surface area (Å²) in [6.07, 6.45) is 0. The van der Waals surface area contributed by atoms with Gasteiger partial charge in [0.25, 0.3) is 0 Å². The third-order valence-electron chi connectivity index (χ3n) is 13.9. The van der Waals surface area contributed by atoms with Crippen molar-refractivity contribution < 1.29 is 0 Å². The summed E-state index contributed by atoms with van der Waals surface area (Å²) in [7, 11) is 0. The highest BCUT2D eigenvalue weighted by atomic mass is 32.1. The first-order valence-electron chi connectivity index (χ1n) is 22.0. The van der Waals surface area contributed by atoms with E-state index in [1.807, 2.05) is 11.3 Å². The molecule has 0 N–H and O–H groups in total. The molecule has 0 saturated heterocycles. The molecule has 2 heterocycles. The lowest BCUT2D eigenvalue weighted by molar-refractivity contribution is 0.632. The maximum absolute atomic E-state index is 2.53. The molecule has 0 saturated carbocycles. The van der Waals surface area contributed by atoms with Crippen molar-refractivity contribution in [1.82, 2.24) is 0 Å². The number of rotatable bonds is 6. The van der Waals surface area contributed by atoms with Crippen LogP contribution in [0.5, 0.6) is 0 Å². The normalized spacial score (nSPS) is 14.3. The minimum absolute atomic E-state index is 0.133. The molecule has 3 heteroatoms. The summed E-state index contributed by atoms with van der Waals surface area (Å²) in [6, 6.07) is 76.6. The molecule has 10 aromatic rings. The number of benzene rings is 9. The van der Waals surface area contributed by atoms with Crippen molar-refractivity contribution in [2.45, 2.75) is 38.5 Å². The number of nitrogens with zero attached hydrogens (tertiary/aromatic N) is 2. The molecule has 0 fully saturated rings. The van der Waals surface area contributed by atoms with Crippen LogP contribution in [0.4, 0.5) is 34.1 Å². The highest BCUT2D eigenvalue weighted by molar-refractivity contribution is 7.26. The molecule has 302 valence electrons. The van der Waals surface area contributed by atoms with Gasteiger partial charge in [0.15, 0.2) is 0 Å². The van der Waals surface area contributed by atoms with E-state index < -0.39 is 0 Å². The van der Waals surface area contributed by atoms with Gasteiger partial charge in [-0.25, -0.2) is 0 Å². The first-order valence-corrected chi connectivity index (χ1v) is 22.8. The van der Waals surface area contributed by atoms with Crippen LogP contribution in [-0.4, -0.2) is 0 Å². The summed E-state index contributed by atoms with van der Waals surface area (Å²) in [6.45, 7) is 9.57. The Balaban J connectivity index is 1.08. The first-order chi connectivity index (χ1) is 30.8. The van der Waals surface area contributed by atoms with E-state index in [0.29, 0.717) is 0 Å². The van der Waals surface area contributed by atoms with Gasteiger partial charge in [-0.1, -0.05) is 167 Å². The molecule has 0 atom stereocenters. The molecule has 0 radical (unpaired) electrons. The predicted molar refractivity (Wildman–Crippen MR) is 269 cm³/mol. The molecule has 0 bridgehead atoms. The number of anilines is 6. The van der Waals surface area contributed by atoms with Gasteiger partial charge in [-0.15, -0.1) is 11.3 Å². The van der Waals surface area contributed by atoms with Gasteiger partial charge in [-0.3, -0.25) is 0 Å². The van der Waals surface area contributed by atoms with E-state index in [2.05, 4.69) is 244 Å². The lowest BCUT2D eigenvalue weighted by Gasteiger charge is -2.43. The van der Waals surface area contributed by atoms with Crippen molar-refractivity contribution in [2.75, 3.05) is 9.80 Å². The quantitative estimate of drug-likeness (QED) is 0.165. The van der Waals surface area contributed by atoms with E-state index in [-0.39, 0.29) is 10.8 Å². The minimum Gasteiger partial charge on any atom is -0.310 e. The molecule has 1 aromatic heterocycles. The van der Waals surface area contributed by atoms with Crippen molar-refractivity contribution in [3.8, 4) is 33.4 Å². The standard InChI is InChI=1S/C60H46N2S/c1-59(2)50-23-13-11-20-46(50)47-33-31-44(37-51(47)59)61(56-24-15-22-49-48-21-12-14-25-57(48)63-58(49)56)45-32-35-55-53(38-45)60(3,4)52-36-42(40-18-9-6-10-19-40)28-34-54(52)62(55)43-29-26-41(27-30-43)39-16-7-5-8-17-39/h5-38H,1-4H3. The zero-order valence-corrected chi connectivity index (χ0v) is 36.7. The van der Waals surface area contributed by atoms with Crippen molar-refractivity contribution in [3.05, 3.63) is 229 Å². The Morgan fingerprint density at radius 1 is 0.397 bits per heavy atom. The Morgan fingerprint density at radius 3 is 1.70 bits per heavy atom. The van der Waals surface area contributed by atoms with Gasteiger partial charge in [0.05, 0.1) is 21.8 Å². The second kappa shape index (κ2) is 14.2. The number of hydrogen-bond acceptors (Lipinski definition) is 3. The van der Waals surface area contributed by atoms with Crippen LogP contribution >= 0.6 is 11.3 Å². The third kappa shape index (κ3) is 5.84. The Morgan fingerprint density at radius 2 is 0.937 bits per heavy atom. The van der Waals surface area contributed by atoms with Gasteiger partial charge in [-0.2, -0.15) is 0 Å². The fourth-order valence-electron chi connectivity index (χ4n) is 10.6. The summed E-state index contributed by atoms with van der Waals surface area (Å²) in [5, 5.41) is 2.59. The summed E-state index contributed by atoms with van der Waals surface area (Å²) in [4.78, 5) is 5.01. The molecule has 0 spiro atoms. The highest BCUT2D eigenvalue weighted by Crippen LogP contribution is 2.56. The van der Waals surface area contributed by atoms with Crippen molar-refractivity contribution in [3.63, 3.8) is 0 Å². The molecule has 9 aromatic carbocycles. The summed E-state index contributed by atoms with van der Waals surface area (Å²) < 4.78 is 2.59. The van der Waals surface area contributed by atoms with Crippen LogP contribution < -0.4 is 9.80 Å². The molecule has 0 amide bonds. The SMILES string of the molecule is CC1(C)c2ccccc2-c2ccc(N(c3ccc4c(c3)C(C)(C)c3cc(-c5ccccc5)ccc3N4c3ccc(-c4ccccc4)cc3)c3cccc4c3sc3ccccc34)cc21. The van der Waals surface area contributed by atoms with Gasteiger partial charge in [0.2, 0.25) is 0 Å². The van der Waals surface area contributed by atoms with Gasteiger partial charge >= 0.3 is 0 Å². The predicted octanol–water partition coefficient (Wildman–Crippen LogP) is 17.3. The highest BCUT2D eigenvalue weighted by Gasteiger charge is 2.39. The van der Waals surface area contributed by atoms with Crippen molar-refractivity contribution in [1.29, 1.82) is 0 Å². The molecular formula is C60H46N2S. The number of fused-ring (bicyclic) bond motifs is 8. The Hall–Kier alpha value is -7.20. The fourth-order valence-corrected chi connectivity index (χ4v) is 11.8. The Kier molecular flexibility index (Phi) is 8.45. The Bertz CT molecular complexity index is 3400. The van der Waals surface area contributed by atoms with Gasteiger partial charge in [0.1, 0.15) is 0 Å². The lowest BCUT2D eigenvalue weighted by Crippen LogP contribution is -2.31. The van der Waals surface area contributed by atoms with E-state index in [4.69, 9.17) is 0 Å². The lowest BCUT2D eigenvalue weighted by atomic mass is 9.72. The van der Waals surface area contributed by atoms with Crippen LogP contribution in [0.25, 0.3) is 53.6 Å². The van der Waals surface area contributed by atoms with Crippen LogP contribution in [0.1, 0.15) is 49.9 Å². The van der Waals surface area contributed by atoms with E-state index in [1.165, 1.54) is 92.9 Å². The zero-order chi connectivity index (χ0) is 42.5.